The van der Waals surface area contributed by atoms with Gasteiger partial charge in [-0.2, -0.15) is 4.58 Å². The summed E-state index contributed by atoms with van der Waals surface area (Å²) in [6.45, 7) is 18.1. The molecule has 0 bridgehead atoms. The first-order valence-corrected chi connectivity index (χ1v) is 17.1. The van der Waals surface area contributed by atoms with Gasteiger partial charge < -0.3 is 3.81 Å². The summed E-state index contributed by atoms with van der Waals surface area (Å²) in [6, 6.07) is 12.8. The maximum atomic E-state index is 6.33. The van der Waals surface area contributed by atoms with E-state index in [0.717, 1.165) is 16.2 Å². The van der Waals surface area contributed by atoms with E-state index in [1.165, 1.54) is 16.8 Å². The number of fused-ring (bicyclic) bond motifs is 1. The third-order valence-corrected chi connectivity index (χ3v) is 15.5. The third-order valence-electron chi connectivity index (χ3n) is 5.72. The molecule has 0 aliphatic carbocycles. The predicted octanol–water partition coefficient (Wildman–Crippen LogP) is 7.01. The minimum atomic E-state index is -1.64. The first-order chi connectivity index (χ1) is 12.3. The van der Waals surface area contributed by atoms with Crippen LogP contribution in [0.2, 0.25) is 49.3 Å². The molecule has 27 heavy (non-hydrogen) atoms. The molecule has 2 aromatic carbocycles. The number of hydrogen-bond acceptors (Lipinski definition) is 0. The average Bonchev–Trinajstić information content (AvgIpc) is 2.50. The van der Waals surface area contributed by atoms with E-state index in [-0.39, 0.29) is 0 Å². The van der Waals surface area contributed by atoms with Gasteiger partial charge in [0.2, 0.25) is 12.4 Å². The highest BCUT2D eigenvalue weighted by molar-refractivity contribution is 6.95. The van der Waals surface area contributed by atoms with Crippen molar-refractivity contribution in [2.45, 2.75) is 46.2 Å². The summed E-state index contributed by atoms with van der Waals surface area (Å²) in [4.78, 5) is 0. The lowest BCUT2D eigenvalue weighted by molar-refractivity contribution is -0.450. The fourth-order valence-electron chi connectivity index (χ4n) is 4.65. The molecule has 2 aromatic rings. The van der Waals surface area contributed by atoms with E-state index in [1.54, 1.807) is 6.07 Å². The molecule has 0 saturated carbocycles. The molecule has 1 heterocycles. The molecule has 0 amide bonds. The molecule has 1 aliphatic heterocycles. The minimum Gasteiger partial charge on any atom is -0.355 e. The van der Waals surface area contributed by atoms with Crippen LogP contribution in [-0.4, -0.2) is 33.9 Å². The summed E-state index contributed by atoms with van der Waals surface area (Å²) >= 11 is 12.7. The van der Waals surface area contributed by atoms with Crippen molar-refractivity contribution in [3.05, 3.63) is 57.6 Å². The van der Waals surface area contributed by atoms with Crippen LogP contribution in [0.4, 0.5) is 11.4 Å². The Bertz CT molecular complexity index is 891. The fourth-order valence-corrected chi connectivity index (χ4v) is 16.2. The number of halogens is 2. The summed E-state index contributed by atoms with van der Waals surface area (Å²) < 4.78 is 3.48. The smallest absolute Gasteiger partial charge is 0.269 e. The number of hydrogen-bond donors (Lipinski definition) is 0. The summed E-state index contributed by atoms with van der Waals surface area (Å²) in [5, 5.41) is 1.36. The molecular formula is C21H30Cl2N2Si2+2. The van der Waals surface area contributed by atoms with E-state index in [2.05, 4.69) is 75.2 Å². The third kappa shape index (κ3) is 3.58. The zero-order chi connectivity index (χ0) is 20.2. The lowest BCUT2D eigenvalue weighted by atomic mass is 10.1. The van der Waals surface area contributed by atoms with Gasteiger partial charge in [0.25, 0.3) is 16.5 Å². The Kier molecular flexibility index (Phi) is 5.28. The Morgan fingerprint density at radius 2 is 1.41 bits per heavy atom. The quantitative estimate of drug-likeness (QED) is 0.359. The molecule has 0 unspecified atom stereocenters. The Morgan fingerprint density at radius 3 is 1.93 bits per heavy atom. The zero-order valence-electron chi connectivity index (χ0n) is 17.4. The Hall–Kier alpha value is -0.916. The second-order valence-electron chi connectivity index (χ2n) is 9.58. The molecule has 0 atom stereocenters. The molecule has 0 radical (unpaired) electrons. The molecule has 3 rings (SSSR count). The van der Waals surface area contributed by atoms with Crippen molar-refractivity contribution in [3.63, 3.8) is 0 Å². The maximum Gasteiger partial charge on any atom is 0.269 e. The van der Waals surface area contributed by atoms with Crippen LogP contribution in [0.3, 0.4) is 0 Å². The monoisotopic (exact) mass is 436 g/mol. The summed E-state index contributed by atoms with van der Waals surface area (Å²) in [7, 11) is -3.28. The molecule has 144 valence electrons. The number of quaternary nitrogens is 1. The van der Waals surface area contributed by atoms with Gasteiger partial charge in [-0.15, -0.1) is 0 Å². The van der Waals surface area contributed by atoms with Crippen molar-refractivity contribution in [1.82, 2.24) is 3.81 Å². The van der Waals surface area contributed by atoms with Gasteiger partial charge in [-0.1, -0.05) is 29.3 Å². The average molecular weight is 438 g/mol. The standard InChI is InChI=1S/C21H30Cl2N2Si2/c1-16-8-9-21-17(10-16)14-24(20-12-18(22)11-19(23)13-20)15-25(21,26(2,3)4)27(5,6)7/h8-14H,15H2,1-7H3/q+2. The van der Waals surface area contributed by atoms with Gasteiger partial charge in [0, 0.05) is 22.2 Å². The molecule has 1 aliphatic rings. The van der Waals surface area contributed by atoms with Crippen molar-refractivity contribution in [2.75, 3.05) is 6.67 Å². The first-order valence-electron chi connectivity index (χ1n) is 9.42. The van der Waals surface area contributed by atoms with E-state index < -0.39 is 16.5 Å². The molecular weight excluding hydrogens is 407 g/mol. The Labute approximate surface area is 175 Å². The normalized spacial score (nSPS) is 16.7. The van der Waals surface area contributed by atoms with E-state index in [9.17, 15) is 0 Å². The van der Waals surface area contributed by atoms with Gasteiger partial charge in [0.15, 0.2) is 6.21 Å². The fraction of sp³-hybridized carbons (Fsp3) is 0.381. The molecule has 0 aromatic heterocycles. The van der Waals surface area contributed by atoms with Crippen LogP contribution >= 0.6 is 23.2 Å². The van der Waals surface area contributed by atoms with E-state index in [4.69, 9.17) is 23.2 Å². The predicted molar refractivity (Wildman–Crippen MR) is 126 cm³/mol. The van der Waals surface area contributed by atoms with Crippen molar-refractivity contribution in [3.8, 4) is 0 Å². The van der Waals surface area contributed by atoms with Crippen LogP contribution in [0, 0.1) is 6.92 Å². The van der Waals surface area contributed by atoms with Crippen LogP contribution in [0.25, 0.3) is 0 Å². The van der Waals surface area contributed by atoms with Gasteiger partial charge in [0.1, 0.15) is 5.69 Å². The van der Waals surface area contributed by atoms with Gasteiger partial charge >= 0.3 is 0 Å². The zero-order valence-corrected chi connectivity index (χ0v) is 20.9. The van der Waals surface area contributed by atoms with Crippen LogP contribution in [0.1, 0.15) is 11.1 Å². The number of nitrogens with zero attached hydrogens (tertiary/aromatic N) is 2. The van der Waals surface area contributed by atoms with Crippen molar-refractivity contribution in [2.24, 2.45) is 0 Å². The van der Waals surface area contributed by atoms with Gasteiger partial charge in [-0.05, 0) is 70.0 Å². The molecule has 6 heteroatoms. The molecule has 0 N–H and O–H groups in total. The Morgan fingerprint density at radius 1 is 0.852 bits per heavy atom. The number of rotatable bonds is 3. The van der Waals surface area contributed by atoms with Crippen molar-refractivity contribution in [1.29, 1.82) is 0 Å². The summed E-state index contributed by atoms with van der Waals surface area (Å²) in [6.07, 6.45) is 2.28. The highest BCUT2D eigenvalue weighted by Crippen LogP contribution is 2.43. The topological polar surface area (TPSA) is 3.01 Å². The lowest BCUT2D eigenvalue weighted by Gasteiger charge is -2.55. The van der Waals surface area contributed by atoms with E-state index in [0.29, 0.717) is 10.0 Å². The largest absolute Gasteiger partial charge is 0.355 e. The van der Waals surface area contributed by atoms with Crippen LogP contribution < -0.4 is 3.81 Å². The van der Waals surface area contributed by atoms with Gasteiger partial charge in [0.05, 0.1) is 5.56 Å². The molecule has 0 spiro atoms. The van der Waals surface area contributed by atoms with Crippen molar-refractivity contribution < 1.29 is 4.58 Å². The lowest BCUT2D eigenvalue weighted by Crippen LogP contribution is -2.78. The van der Waals surface area contributed by atoms with Crippen molar-refractivity contribution >= 4 is 57.3 Å². The SMILES string of the molecule is Cc1ccc2c(c1)C=[N+](c1cc(Cl)cc(Cl)c1)C[N+]2([Si](C)(C)C)[Si](C)(C)C. The summed E-state index contributed by atoms with van der Waals surface area (Å²) in [5.41, 5.74) is 5.17. The second-order valence-corrected chi connectivity index (χ2v) is 21.1. The van der Waals surface area contributed by atoms with E-state index >= 15 is 0 Å². The van der Waals surface area contributed by atoms with Gasteiger partial charge in [-0.3, -0.25) is 0 Å². The van der Waals surface area contributed by atoms with Crippen LogP contribution in [-0.2, 0) is 0 Å². The second kappa shape index (κ2) is 6.85. The van der Waals surface area contributed by atoms with Crippen LogP contribution in [0.5, 0.6) is 0 Å². The molecule has 0 fully saturated rings. The highest BCUT2D eigenvalue weighted by Gasteiger charge is 2.58. The van der Waals surface area contributed by atoms with Crippen LogP contribution in [0.15, 0.2) is 36.4 Å². The van der Waals surface area contributed by atoms with E-state index in [1.807, 2.05) is 12.1 Å². The highest BCUT2D eigenvalue weighted by atomic mass is 35.5. The Balaban J connectivity index is 2.34. The maximum absolute atomic E-state index is 6.33. The van der Waals surface area contributed by atoms with Gasteiger partial charge in [-0.25, -0.2) is 0 Å². The molecule has 2 nitrogen and oxygen atoms in total. The molecule has 0 saturated heterocycles. The minimum absolute atomic E-state index is 0.681. The summed E-state index contributed by atoms with van der Waals surface area (Å²) in [5.74, 6) is 0. The number of aryl methyl sites for hydroxylation is 1. The number of benzene rings is 2. The first kappa shape index (κ1) is 20.8.